The van der Waals surface area contributed by atoms with Crippen LogP contribution in [0.1, 0.15) is 16.1 Å². The van der Waals surface area contributed by atoms with Gasteiger partial charge in [0.25, 0.3) is 5.91 Å². The van der Waals surface area contributed by atoms with Crippen molar-refractivity contribution in [3.63, 3.8) is 0 Å². The van der Waals surface area contributed by atoms with Crippen molar-refractivity contribution in [2.45, 2.75) is 6.92 Å². The number of methoxy groups -OCH3 is 1. The van der Waals surface area contributed by atoms with Crippen molar-refractivity contribution in [1.82, 2.24) is 9.97 Å². The van der Waals surface area contributed by atoms with Crippen molar-refractivity contribution in [1.29, 1.82) is 0 Å². The van der Waals surface area contributed by atoms with Gasteiger partial charge in [-0.2, -0.15) is 0 Å². The van der Waals surface area contributed by atoms with Gasteiger partial charge < -0.3 is 14.8 Å². The molecule has 1 aromatic heterocycles. The lowest BCUT2D eigenvalue weighted by atomic mass is 10.2. The number of aromatic nitrogens is 2. The van der Waals surface area contributed by atoms with E-state index in [0.29, 0.717) is 11.4 Å². The summed E-state index contributed by atoms with van der Waals surface area (Å²) in [5.41, 5.74) is 1.53. The highest BCUT2D eigenvalue weighted by molar-refractivity contribution is 5.95. The van der Waals surface area contributed by atoms with Crippen LogP contribution in [0.25, 0.3) is 0 Å². The highest BCUT2D eigenvalue weighted by Crippen LogP contribution is 2.24. The number of nitrogens with zero attached hydrogens (tertiary/aromatic N) is 2. The Morgan fingerprint density at radius 1 is 1.27 bits per heavy atom. The minimum absolute atomic E-state index is 0.0448. The molecule has 7 heteroatoms. The number of hydrogen-bond acceptors (Lipinski definition) is 6. The summed E-state index contributed by atoms with van der Waals surface area (Å²) in [6.45, 7) is 1.47. The highest BCUT2D eigenvalue weighted by Gasteiger charge is 2.13. The molecule has 0 fully saturated rings. The van der Waals surface area contributed by atoms with Gasteiger partial charge >= 0.3 is 5.97 Å². The molecule has 0 aliphatic rings. The smallest absolute Gasteiger partial charge is 0.359 e. The first-order chi connectivity index (χ1) is 10.6. The number of anilines is 1. The quantitative estimate of drug-likeness (QED) is 0.843. The molecule has 0 saturated carbocycles. The van der Waals surface area contributed by atoms with E-state index >= 15 is 0 Å². The van der Waals surface area contributed by atoms with Crippen molar-refractivity contribution < 1.29 is 19.1 Å². The molecule has 0 spiro atoms. The fourth-order valence-electron chi connectivity index (χ4n) is 1.72. The lowest BCUT2D eigenvalue weighted by Gasteiger charge is -2.11. The van der Waals surface area contributed by atoms with Crippen molar-refractivity contribution in [2.75, 3.05) is 19.0 Å². The molecule has 22 heavy (non-hydrogen) atoms. The highest BCUT2D eigenvalue weighted by atomic mass is 16.5. The summed E-state index contributed by atoms with van der Waals surface area (Å²) in [5, 5.41) is 2.63. The molecule has 0 aliphatic carbocycles. The molecule has 0 aliphatic heterocycles. The summed E-state index contributed by atoms with van der Waals surface area (Å²) in [6, 6.07) is 5.38. The van der Waals surface area contributed by atoms with Gasteiger partial charge in [-0.3, -0.25) is 9.78 Å². The molecule has 1 heterocycles. The topological polar surface area (TPSA) is 90.4 Å². The Kier molecular flexibility index (Phi) is 5.02. The Balaban J connectivity index is 1.94. The average Bonchev–Trinajstić information content (AvgIpc) is 2.53. The molecule has 1 aromatic carbocycles. The Morgan fingerprint density at radius 2 is 2.09 bits per heavy atom. The minimum atomic E-state index is -0.709. The van der Waals surface area contributed by atoms with Gasteiger partial charge in [0.15, 0.2) is 12.3 Å². The third kappa shape index (κ3) is 4.02. The standard InChI is InChI=1S/C15H15N3O4/c1-10-3-4-13(21-2)11(7-10)18-14(19)9-22-15(20)12-8-16-5-6-17-12/h3-8H,9H2,1-2H3,(H,18,19). The normalized spacial score (nSPS) is 9.91. The predicted octanol–water partition coefficient (Wildman–Crippen LogP) is 1.59. The van der Waals surface area contributed by atoms with Crippen molar-refractivity contribution in [3.05, 3.63) is 48.0 Å². The first-order valence-electron chi connectivity index (χ1n) is 6.48. The van der Waals surface area contributed by atoms with Gasteiger partial charge in [-0.05, 0) is 24.6 Å². The Morgan fingerprint density at radius 3 is 2.77 bits per heavy atom. The van der Waals surface area contributed by atoms with Gasteiger partial charge in [0.2, 0.25) is 0 Å². The number of ether oxygens (including phenoxy) is 2. The van der Waals surface area contributed by atoms with E-state index < -0.39 is 18.5 Å². The molecule has 7 nitrogen and oxygen atoms in total. The minimum Gasteiger partial charge on any atom is -0.495 e. The molecule has 2 aromatic rings. The van der Waals surface area contributed by atoms with E-state index in [1.807, 2.05) is 13.0 Å². The molecular weight excluding hydrogens is 286 g/mol. The van der Waals surface area contributed by atoms with Crippen LogP contribution in [-0.4, -0.2) is 35.6 Å². The molecule has 0 atom stereocenters. The van der Waals surface area contributed by atoms with Crippen LogP contribution in [0.2, 0.25) is 0 Å². The van der Waals surface area contributed by atoms with E-state index in [9.17, 15) is 9.59 Å². The Hall–Kier alpha value is -2.96. The molecule has 0 bridgehead atoms. The second kappa shape index (κ2) is 7.16. The molecule has 1 N–H and O–H groups in total. The van der Waals surface area contributed by atoms with Gasteiger partial charge in [0.05, 0.1) is 19.0 Å². The number of amides is 1. The molecule has 0 saturated heterocycles. The molecule has 1 amide bonds. The SMILES string of the molecule is COc1ccc(C)cc1NC(=O)COC(=O)c1cnccn1. The Labute approximate surface area is 127 Å². The van der Waals surface area contributed by atoms with E-state index in [2.05, 4.69) is 15.3 Å². The van der Waals surface area contributed by atoms with Gasteiger partial charge in [-0.1, -0.05) is 6.07 Å². The number of hydrogen-bond donors (Lipinski definition) is 1. The van der Waals surface area contributed by atoms with Crippen LogP contribution in [0, 0.1) is 6.92 Å². The lowest BCUT2D eigenvalue weighted by molar-refractivity contribution is -0.119. The second-order valence-corrected chi connectivity index (χ2v) is 4.42. The maximum Gasteiger partial charge on any atom is 0.359 e. The summed E-state index contributed by atoms with van der Waals surface area (Å²) in [4.78, 5) is 31.0. The first kappa shape index (κ1) is 15.4. The van der Waals surface area contributed by atoms with E-state index in [-0.39, 0.29) is 5.69 Å². The maximum atomic E-state index is 11.8. The molecule has 2 rings (SSSR count). The number of aryl methyl sites for hydroxylation is 1. The number of rotatable bonds is 5. The second-order valence-electron chi connectivity index (χ2n) is 4.42. The molecule has 114 valence electrons. The maximum absolute atomic E-state index is 11.8. The number of carbonyl (C=O) groups excluding carboxylic acids is 2. The van der Waals surface area contributed by atoms with Crippen LogP contribution >= 0.6 is 0 Å². The van der Waals surface area contributed by atoms with Crippen LogP contribution in [-0.2, 0) is 9.53 Å². The number of carbonyl (C=O) groups is 2. The van der Waals surface area contributed by atoms with E-state index in [1.165, 1.54) is 25.7 Å². The van der Waals surface area contributed by atoms with Crippen molar-refractivity contribution >= 4 is 17.6 Å². The van der Waals surface area contributed by atoms with Crippen LogP contribution in [0.3, 0.4) is 0 Å². The Bertz CT molecular complexity index is 674. The van der Waals surface area contributed by atoms with Gasteiger partial charge in [-0.15, -0.1) is 0 Å². The third-order valence-corrected chi connectivity index (χ3v) is 2.74. The van der Waals surface area contributed by atoms with Crippen LogP contribution in [0.4, 0.5) is 5.69 Å². The van der Waals surface area contributed by atoms with Crippen molar-refractivity contribution in [2.24, 2.45) is 0 Å². The van der Waals surface area contributed by atoms with E-state index in [0.717, 1.165) is 5.56 Å². The van der Waals surface area contributed by atoms with Crippen LogP contribution < -0.4 is 10.1 Å². The third-order valence-electron chi connectivity index (χ3n) is 2.74. The average molecular weight is 301 g/mol. The van der Waals surface area contributed by atoms with Crippen LogP contribution in [0.15, 0.2) is 36.8 Å². The zero-order chi connectivity index (χ0) is 15.9. The largest absolute Gasteiger partial charge is 0.495 e. The van der Waals surface area contributed by atoms with Crippen LogP contribution in [0.5, 0.6) is 5.75 Å². The van der Waals surface area contributed by atoms with E-state index in [1.54, 1.807) is 12.1 Å². The fourth-order valence-corrected chi connectivity index (χ4v) is 1.72. The number of nitrogens with one attached hydrogen (secondary N) is 1. The summed E-state index contributed by atoms with van der Waals surface area (Å²) in [5.74, 6) is -0.653. The van der Waals surface area contributed by atoms with Gasteiger partial charge in [-0.25, -0.2) is 9.78 Å². The van der Waals surface area contributed by atoms with Gasteiger partial charge in [0, 0.05) is 12.4 Å². The van der Waals surface area contributed by atoms with Crippen molar-refractivity contribution in [3.8, 4) is 5.75 Å². The summed E-state index contributed by atoms with van der Waals surface area (Å²) in [6.07, 6.45) is 4.07. The summed E-state index contributed by atoms with van der Waals surface area (Å²) < 4.78 is 10.0. The fraction of sp³-hybridized carbons (Fsp3) is 0.200. The predicted molar refractivity (Wildman–Crippen MR) is 78.7 cm³/mol. The first-order valence-corrected chi connectivity index (χ1v) is 6.48. The van der Waals surface area contributed by atoms with Gasteiger partial charge in [0.1, 0.15) is 5.75 Å². The zero-order valence-corrected chi connectivity index (χ0v) is 12.2. The molecule has 0 unspecified atom stereocenters. The summed E-state index contributed by atoms with van der Waals surface area (Å²) >= 11 is 0. The molecule has 0 radical (unpaired) electrons. The number of benzene rings is 1. The molecular formula is C15H15N3O4. The summed E-state index contributed by atoms with van der Waals surface area (Å²) in [7, 11) is 1.51. The van der Waals surface area contributed by atoms with E-state index in [4.69, 9.17) is 9.47 Å². The lowest BCUT2D eigenvalue weighted by Crippen LogP contribution is -2.21. The monoisotopic (exact) mass is 301 g/mol. The zero-order valence-electron chi connectivity index (χ0n) is 12.2. The number of esters is 1.